The average Bonchev–Trinajstić information content (AvgIpc) is 3.39. The molecule has 0 atom stereocenters. The highest BCUT2D eigenvalue weighted by Crippen LogP contribution is 2.35. The van der Waals surface area contributed by atoms with Gasteiger partial charge in [0.25, 0.3) is 0 Å². The minimum Gasteiger partial charge on any atom is -0.302 e. The number of nitriles is 1. The Bertz CT molecular complexity index is 1250. The lowest BCUT2D eigenvalue weighted by Crippen LogP contribution is -2.33. The number of aromatic amines is 1. The quantitative estimate of drug-likeness (QED) is 0.561. The molecule has 0 spiro atoms. The maximum Gasteiger partial charge on any atom is 0.158 e. The molecule has 1 fully saturated rings. The summed E-state index contributed by atoms with van der Waals surface area (Å²) >= 11 is 0. The number of hydrogen-bond donors (Lipinski definition) is 1. The summed E-state index contributed by atoms with van der Waals surface area (Å²) in [5.74, 6) is 0.469. The molecule has 0 aliphatic carbocycles. The predicted octanol–water partition coefficient (Wildman–Crippen LogP) is 3.98. The van der Waals surface area contributed by atoms with E-state index in [2.05, 4.69) is 58.2 Å². The lowest BCUT2D eigenvalue weighted by Gasteiger charge is -2.30. The molecular formula is C23H25N7. The van der Waals surface area contributed by atoms with Gasteiger partial charge in [0.2, 0.25) is 0 Å². The molecule has 7 heteroatoms. The summed E-state index contributed by atoms with van der Waals surface area (Å²) in [5, 5.41) is 22.3. The second-order valence-electron chi connectivity index (χ2n) is 8.29. The van der Waals surface area contributed by atoms with Crippen molar-refractivity contribution in [3.63, 3.8) is 0 Å². The van der Waals surface area contributed by atoms with Gasteiger partial charge in [0.05, 0.1) is 17.3 Å². The van der Waals surface area contributed by atoms with Gasteiger partial charge in [0, 0.05) is 36.0 Å². The van der Waals surface area contributed by atoms with Gasteiger partial charge in [-0.05, 0) is 74.7 Å². The molecule has 0 saturated carbocycles. The van der Waals surface area contributed by atoms with Crippen LogP contribution in [0.4, 0.5) is 0 Å². The third-order valence-electron chi connectivity index (χ3n) is 6.32. The van der Waals surface area contributed by atoms with E-state index in [0.29, 0.717) is 12.3 Å². The van der Waals surface area contributed by atoms with Crippen LogP contribution in [0.5, 0.6) is 0 Å². The number of fused-ring (bicyclic) bond motifs is 2. The Hall–Kier alpha value is -3.24. The summed E-state index contributed by atoms with van der Waals surface area (Å²) in [4.78, 5) is 6.71. The van der Waals surface area contributed by atoms with Crippen molar-refractivity contribution in [2.24, 2.45) is 0 Å². The number of hydrogen-bond acceptors (Lipinski definition) is 5. The third kappa shape index (κ3) is 3.23. The Balaban J connectivity index is 1.46. The maximum atomic E-state index is 8.81. The van der Waals surface area contributed by atoms with Crippen LogP contribution in [-0.2, 0) is 0 Å². The van der Waals surface area contributed by atoms with Gasteiger partial charge >= 0.3 is 0 Å². The van der Waals surface area contributed by atoms with Gasteiger partial charge in [-0.15, -0.1) is 0 Å². The smallest absolute Gasteiger partial charge is 0.158 e. The zero-order valence-corrected chi connectivity index (χ0v) is 17.4. The van der Waals surface area contributed by atoms with Gasteiger partial charge in [-0.1, -0.05) is 0 Å². The van der Waals surface area contributed by atoms with Crippen LogP contribution in [0, 0.1) is 25.2 Å². The molecule has 30 heavy (non-hydrogen) atoms. The number of aryl methyl sites for hydroxylation is 2. The van der Waals surface area contributed by atoms with E-state index in [0.717, 1.165) is 54.8 Å². The predicted molar refractivity (Wildman–Crippen MR) is 116 cm³/mol. The van der Waals surface area contributed by atoms with Crippen molar-refractivity contribution >= 4 is 16.6 Å². The number of rotatable bonds is 4. The molecule has 1 N–H and O–H groups in total. The molecule has 7 nitrogen and oxygen atoms in total. The van der Waals surface area contributed by atoms with Gasteiger partial charge in [0.15, 0.2) is 5.65 Å². The summed E-state index contributed by atoms with van der Waals surface area (Å²) in [6.07, 6.45) is 6.42. The zero-order chi connectivity index (χ0) is 20.7. The van der Waals surface area contributed by atoms with Crippen molar-refractivity contribution in [3.8, 4) is 17.2 Å². The van der Waals surface area contributed by atoms with E-state index in [4.69, 9.17) is 10.4 Å². The van der Waals surface area contributed by atoms with Gasteiger partial charge in [-0.2, -0.15) is 15.5 Å². The molecule has 152 valence electrons. The molecule has 5 rings (SSSR count). The highest BCUT2D eigenvalue weighted by atomic mass is 15.3. The van der Waals surface area contributed by atoms with Crippen molar-refractivity contribution in [3.05, 3.63) is 47.5 Å². The fourth-order valence-electron chi connectivity index (χ4n) is 4.69. The highest BCUT2D eigenvalue weighted by Gasteiger charge is 2.24. The molecular weight excluding hydrogens is 374 g/mol. The van der Waals surface area contributed by atoms with Gasteiger partial charge in [-0.25, -0.2) is 9.50 Å². The van der Waals surface area contributed by atoms with Crippen molar-refractivity contribution < 1.29 is 0 Å². The Morgan fingerprint density at radius 2 is 2.00 bits per heavy atom. The van der Waals surface area contributed by atoms with Crippen LogP contribution < -0.4 is 0 Å². The summed E-state index contributed by atoms with van der Waals surface area (Å²) in [7, 11) is 0. The Morgan fingerprint density at radius 1 is 1.17 bits per heavy atom. The van der Waals surface area contributed by atoms with E-state index in [1.54, 1.807) is 6.33 Å². The van der Waals surface area contributed by atoms with Crippen LogP contribution in [0.3, 0.4) is 0 Å². The lowest BCUT2D eigenvalue weighted by atomic mass is 9.90. The molecule has 4 heterocycles. The number of pyridine rings is 1. The Kier molecular flexibility index (Phi) is 4.72. The third-order valence-corrected chi connectivity index (χ3v) is 6.32. The molecule has 4 aromatic rings. The molecule has 1 aliphatic rings. The van der Waals surface area contributed by atoms with E-state index >= 15 is 0 Å². The maximum absolute atomic E-state index is 8.81. The normalized spacial score (nSPS) is 15.8. The lowest BCUT2D eigenvalue weighted by molar-refractivity contribution is 0.215. The molecule has 0 unspecified atom stereocenters. The molecule has 0 amide bonds. The van der Waals surface area contributed by atoms with Crippen molar-refractivity contribution in [1.82, 2.24) is 29.7 Å². The second-order valence-corrected chi connectivity index (χ2v) is 8.29. The highest BCUT2D eigenvalue weighted by molar-refractivity contribution is 5.88. The molecule has 3 aromatic heterocycles. The first kappa shape index (κ1) is 18.8. The fourth-order valence-corrected chi connectivity index (χ4v) is 4.69. The number of nitrogens with zero attached hydrogens (tertiary/aromatic N) is 6. The first-order chi connectivity index (χ1) is 14.6. The number of aromatic nitrogens is 5. The summed E-state index contributed by atoms with van der Waals surface area (Å²) in [5.41, 5.74) is 7.81. The van der Waals surface area contributed by atoms with Crippen LogP contribution in [0.15, 0.2) is 30.7 Å². The number of nitrogens with one attached hydrogen (secondary N) is 1. The molecule has 1 aliphatic heterocycles. The van der Waals surface area contributed by atoms with Crippen molar-refractivity contribution in [1.29, 1.82) is 5.26 Å². The van der Waals surface area contributed by atoms with Crippen LogP contribution in [0.2, 0.25) is 0 Å². The van der Waals surface area contributed by atoms with E-state index in [9.17, 15) is 0 Å². The van der Waals surface area contributed by atoms with Crippen LogP contribution in [0.25, 0.3) is 27.7 Å². The molecule has 0 bridgehead atoms. The average molecular weight is 400 g/mol. The topological polar surface area (TPSA) is 85.9 Å². The van der Waals surface area contributed by atoms with E-state index < -0.39 is 0 Å². The SMILES string of the molecule is Cc1cc2c(C3CCN(CCC#N)CC3)n[nH]c2cc1-c1cc(C)c2ncnn2c1. The standard InChI is InChI=1S/C23H25N7/c1-15-11-20-21(12-19(15)18-10-16(2)23-25-14-26-30(23)13-18)27-28-22(20)17-4-8-29(9-5-17)7-3-6-24/h10-14,17H,3-5,7-9H2,1-2H3,(H,27,28). The minimum atomic E-state index is 0.469. The van der Waals surface area contributed by atoms with Gasteiger partial charge in [-0.3, -0.25) is 5.10 Å². The summed E-state index contributed by atoms with van der Waals surface area (Å²) in [6, 6.07) is 8.90. The molecule has 1 aromatic carbocycles. The first-order valence-electron chi connectivity index (χ1n) is 10.5. The summed E-state index contributed by atoms with van der Waals surface area (Å²) < 4.78 is 1.84. The number of H-pyrrole nitrogens is 1. The van der Waals surface area contributed by atoms with Gasteiger partial charge < -0.3 is 4.90 Å². The number of benzene rings is 1. The first-order valence-corrected chi connectivity index (χ1v) is 10.5. The minimum absolute atomic E-state index is 0.469. The van der Waals surface area contributed by atoms with E-state index in [1.165, 1.54) is 22.2 Å². The van der Waals surface area contributed by atoms with Crippen molar-refractivity contribution in [2.75, 3.05) is 19.6 Å². The van der Waals surface area contributed by atoms with Crippen molar-refractivity contribution in [2.45, 2.75) is 39.0 Å². The Labute approximate surface area is 175 Å². The van der Waals surface area contributed by atoms with Crippen LogP contribution >= 0.6 is 0 Å². The molecule has 0 radical (unpaired) electrons. The monoisotopic (exact) mass is 399 g/mol. The number of likely N-dealkylation sites (tertiary alicyclic amines) is 1. The fraction of sp³-hybridized carbons (Fsp3) is 0.391. The van der Waals surface area contributed by atoms with Crippen LogP contribution in [-0.4, -0.2) is 49.3 Å². The largest absolute Gasteiger partial charge is 0.302 e. The van der Waals surface area contributed by atoms with Gasteiger partial charge in [0.1, 0.15) is 6.33 Å². The molecule has 1 saturated heterocycles. The van der Waals surface area contributed by atoms with Crippen LogP contribution in [0.1, 0.15) is 42.0 Å². The second kappa shape index (κ2) is 7.54. The van der Waals surface area contributed by atoms with E-state index in [-0.39, 0.29) is 0 Å². The van der Waals surface area contributed by atoms with E-state index in [1.807, 2.05) is 10.7 Å². The Morgan fingerprint density at radius 3 is 2.80 bits per heavy atom. The zero-order valence-electron chi connectivity index (χ0n) is 17.4. The number of piperidine rings is 1. The summed E-state index contributed by atoms with van der Waals surface area (Å²) in [6.45, 7) is 7.18.